The maximum atomic E-state index is 11.1. The van der Waals surface area contributed by atoms with Crippen LogP contribution in [0, 0.1) is 18.3 Å². The Hall–Kier alpha value is -1.33. The third-order valence-electron chi connectivity index (χ3n) is 1.89. The summed E-state index contributed by atoms with van der Waals surface area (Å²) >= 11 is 5.81. The van der Waals surface area contributed by atoms with Gasteiger partial charge in [0.1, 0.15) is 6.07 Å². The predicted octanol–water partition coefficient (Wildman–Crippen LogP) is 2.72. The molecule has 0 atom stereocenters. The summed E-state index contributed by atoms with van der Waals surface area (Å²) in [7, 11) is 0. The maximum Gasteiger partial charge on any atom is 0.161 e. The Labute approximate surface area is 81.7 Å². The highest BCUT2D eigenvalue weighted by molar-refractivity contribution is 6.31. The van der Waals surface area contributed by atoms with Crippen LogP contribution in [0.5, 0.6) is 0 Å². The number of ketones is 1. The van der Waals surface area contributed by atoms with E-state index in [0.29, 0.717) is 21.7 Å². The van der Waals surface area contributed by atoms with E-state index in [2.05, 4.69) is 0 Å². The number of nitrogens with zero attached hydrogens (tertiary/aromatic N) is 1. The highest BCUT2D eigenvalue weighted by atomic mass is 35.5. The number of rotatable bonds is 1. The lowest BCUT2D eigenvalue weighted by molar-refractivity contribution is 0.101. The van der Waals surface area contributed by atoms with Gasteiger partial charge in [-0.15, -0.1) is 0 Å². The van der Waals surface area contributed by atoms with Crippen molar-refractivity contribution in [1.29, 1.82) is 5.26 Å². The standard InChI is InChI=1S/C10H8ClNO/c1-6-9(5-12)8(7(2)13)3-4-10(6)11/h3-4H,1-2H3. The topological polar surface area (TPSA) is 40.9 Å². The minimum Gasteiger partial charge on any atom is -0.294 e. The Bertz CT molecular complexity index is 404. The van der Waals surface area contributed by atoms with Crippen molar-refractivity contribution in [3.63, 3.8) is 0 Å². The van der Waals surface area contributed by atoms with Gasteiger partial charge in [-0.2, -0.15) is 5.26 Å². The largest absolute Gasteiger partial charge is 0.294 e. The average Bonchev–Trinajstić information content (AvgIpc) is 2.09. The van der Waals surface area contributed by atoms with E-state index in [1.54, 1.807) is 19.1 Å². The Morgan fingerprint density at radius 1 is 1.54 bits per heavy atom. The van der Waals surface area contributed by atoms with Crippen LogP contribution in [0.15, 0.2) is 12.1 Å². The van der Waals surface area contributed by atoms with Crippen LogP contribution in [0.4, 0.5) is 0 Å². The van der Waals surface area contributed by atoms with E-state index < -0.39 is 0 Å². The van der Waals surface area contributed by atoms with Gasteiger partial charge in [0.05, 0.1) is 5.56 Å². The first kappa shape index (κ1) is 9.76. The van der Waals surface area contributed by atoms with Crippen LogP contribution in [0.25, 0.3) is 0 Å². The molecule has 13 heavy (non-hydrogen) atoms. The second kappa shape index (κ2) is 3.59. The number of Topliss-reactive ketones (excluding diaryl/α,β-unsaturated/α-hetero) is 1. The highest BCUT2D eigenvalue weighted by Crippen LogP contribution is 2.22. The van der Waals surface area contributed by atoms with Crippen molar-refractivity contribution in [3.05, 3.63) is 33.8 Å². The number of carbonyl (C=O) groups excluding carboxylic acids is 1. The van der Waals surface area contributed by atoms with Crippen LogP contribution < -0.4 is 0 Å². The van der Waals surface area contributed by atoms with Crippen LogP contribution in [-0.4, -0.2) is 5.78 Å². The molecule has 0 spiro atoms. The Balaban J connectivity index is 3.50. The van der Waals surface area contributed by atoms with E-state index in [9.17, 15) is 4.79 Å². The van der Waals surface area contributed by atoms with Gasteiger partial charge in [0.25, 0.3) is 0 Å². The molecule has 66 valence electrons. The fourth-order valence-electron chi connectivity index (χ4n) is 1.12. The number of carbonyl (C=O) groups is 1. The molecule has 1 rings (SSSR count). The van der Waals surface area contributed by atoms with Crippen molar-refractivity contribution in [1.82, 2.24) is 0 Å². The molecule has 0 bridgehead atoms. The molecule has 0 saturated heterocycles. The number of nitriles is 1. The molecule has 0 aliphatic rings. The second-order valence-electron chi connectivity index (χ2n) is 2.76. The van der Waals surface area contributed by atoms with Crippen molar-refractivity contribution in [3.8, 4) is 6.07 Å². The molecule has 0 heterocycles. The Morgan fingerprint density at radius 3 is 2.62 bits per heavy atom. The molecule has 1 aromatic rings. The summed E-state index contributed by atoms with van der Waals surface area (Å²) in [6, 6.07) is 5.19. The molecule has 0 amide bonds. The zero-order valence-electron chi connectivity index (χ0n) is 7.39. The molecular formula is C10H8ClNO. The molecule has 3 heteroatoms. The van der Waals surface area contributed by atoms with Gasteiger partial charge in [0.15, 0.2) is 5.78 Å². The average molecular weight is 194 g/mol. The number of halogens is 1. The van der Waals surface area contributed by atoms with Gasteiger partial charge in [0, 0.05) is 10.6 Å². The molecule has 0 fully saturated rings. The predicted molar refractivity (Wildman–Crippen MR) is 50.9 cm³/mol. The maximum absolute atomic E-state index is 11.1. The second-order valence-corrected chi connectivity index (χ2v) is 3.17. The molecule has 0 aliphatic heterocycles. The minimum atomic E-state index is -0.115. The Kier molecular flexibility index (Phi) is 2.69. The smallest absolute Gasteiger partial charge is 0.161 e. The summed E-state index contributed by atoms with van der Waals surface area (Å²) in [5, 5.41) is 9.33. The fraction of sp³-hybridized carbons (Fsp3) is 0.200. The van der Waals surface area contributed by atoms with Crippen molar-refractivity contribution in [2.75, 3.05) is 0 Å². The fourth-order valence-corrected chi connectivity index (χ4v) is 1.28. The molecule has 0 aliphatic carbocycles. The lowest BCUT2D eigenvalue weighted by Gasteiger charge is -2.04. The SMILES string of the molecule is CC(=O)c1ccc(Cl)c(C)c1C#N. The summed E-state index contributed by atoms with van der Waals surface area (Å²) in [6.45, 7) is 3.16. The van der Waals surface area contributed by atoms with Crippen molar-refractivity contribution in [2.45, 2.75) is 13.8 Å². The minimum absolute atomic E-state index is 0.115. The molecule has 1 aromatic carbocycles. The first-order valence-electron chi connectivity index (χ1n) is 3.78. The van der Waals surface area contributed by atoms with Crippen LogP contribution in [-0.2, 0) is 0 Å². The molecule has 2 nitrogen and oxygen atoms in total. The van der Waals surface area contributed by atoms with E-state index in [4.69, 9.17) is 16.9 Å². The van der Waals surface area contributed by atoms with Crippen molar-refractivity contribution >= 4 is 17.4 Å². The van der Waals surface area contributed by atoms with Crippen LogP contribution in [0.2, 0.25) is 5.02 Å². The van der Waals surface area contributed by atoms with Gasteiger partial charge in [-0.05, 0) is 31.5 Å². The summed E-state index contributed by atoms with van der Waals surface area (Å²) < 4.78 is 0. The first-order valence-corrected chi connectivity index (χ1v) is 4.16. The van der Waals surface area contributed by atoms with Gasteiger partial charge in [-0.1, -0.05) is 11.6 Å². The van der Waals surface area contributed by atoms with Crippen molar-refractivity contribution in [2.24, 2.45) is 0 Å². The zero-order chi connectivity index (χ0) is 10.0. The summed E-state index contributed by atoms with van der Waals surface area (Å²) in [4.78, 5) is 11.1. The number of hydrogen-bond donors (Lipinski definition) is 0. The summed E-state index contributed by atoms with van der Waals surface area (Å²) in [6.07, 6.45) is 0. The normalized spacial score (nSPS) is 9.38. The van der Waals surface area contributed by atoms with Gasteiger partial charge >= 0.3 is 0 Å². The van der Waals surface area contributed by atoms with E-state index in [1.165, 1.54) is 6.92 Å². The van der Waals surface area contributed by atoms with E-state index in [0.717, 1.165) is 0 Å². The van der Waals surface area contributed by atoms with Crippen molar-refractivity contribution < 1.29 is 4.79 Å². The third kappa shape index (κ3) is 1.71. The van der Waals surface area contributed by atoms with Crippen LogP contribution in [0.3, 0.4) is 0 Å². The summed E-state index contributed by atoms with van der Waals surface area (Å²) in [5.74, 6) is -0.115. The van der Waals surface area contributed by atoms with Gasteiger partial charge in [-0.25, -0.2) is 0 Å². The van der Waals surface area contributed by atoms with Gasteiger partial charge in [-0.3, -0.25) is 4.79 Å². The molecule has 0 saturated carbocycles. The molecule has 0 aromatic heterocycles. The summed E-state index contributed by atoms with van der Waals surface area (Å²) in [5.41, 5.74) is 1.47. The third-order valence-corrected chi connectivity index (χ3v) is 2.30. The molecule has 0 unspecified atom stereocenters. The number of hydrogen-bond acceptors (Lipinski definition) is 2. The van der Waals surface area contributed by atoms with Gasteiger partial charge < -0.3 is 0 Å². The molecular weight excluding hydrogens is 186 g/mol. The lowest BCUT2D eigenvalue weighted by Crippen LogP contribution is -1.99. The Morgan fingerprint density at radius 2 is 2.15 bits per heavy atom. The van der Waals surface area contributed by atoms with Crippen LogP contribution in [0.1, 0.15) is 28.4 Å². The van der Waals surface area contributed by atoms with E-state index in [-0.39, 0.29) is 5.78 Å². The number of benzene rings is 1. The van der Waals surface area contributed by atoms with E-state index in [1.807, 2.05) is 6.07 Å². The first-order chi connectivity index (χ1) is 6.07. The highest BCUT2D eigenvalue weighted by Gasteiger charge is 2.11. The van der Waals surface area contributed by atoms with Crippen LogP contribution >= 0.6 is 11.6 Å². The quantitative estimate of drug-likeness (QED) is 0.644. The lowest BCUT2D eigenvalue weighted by atomic mass is 10.0. The van der Waals surface area contributed by atoms with Gasteiger partial charge in [0.2, 0.25) is 0 Å². The molecule has 0 radical (unpaired) electrons. The monoisotopic (exact) mass is 193 g/mol. The van der Waals surface area contributed by atoms with E-state index >= 15 is 0 Å². The molecule has 0 N–H and O–H groups in total. The zero-order valence-corrected chi connectivity index (χ0v) is 8.14.